The van der Waals surface area contributed by atoms with Crippen molar-refractivity contribution < 1.29 is 9.59 Å². The van der Waals surface area contributed by atoms with Crippen molar-refractivity contribution in [2.24, 2.45) is 5.92 Å². The number of hydrogen-bond acceptors (Lipinski definition) is 7. The number of halogens is 1. The number of carbonyl (C=O) groups excluding carboxylic acids is 2. The second-order valence-electron chi connectivity index (χ2n) is 7.28. The molecule has 2 aromatic heterocycles. The van der Waals surface area contributed by atoms with Crippen LogP contribution in [-0.4, -0.2) is 46.5 Å². The zero-order chi connectivity index (χ0) is 22.0. The second-order valence-corrected chi connectivity index (χ2v) is 8.70. The van der Waals surface area contributed by atoms with Gasteiger partial charge in [0.1, 0.15) is 17.6 Å². The maximum Gasteiger partial charge on any atom is 0.273 e. The number of carbonyl (C=O) groups is 2. The number of nitrogens with one attached hydrogen (secondary N) is 2. The Bertz CT molecular complexity index is 1190. The third kappa shape index (κ3) is 4.70. The van der Waals surface area contributed by atoms with Crippen LogP contribution in [0.3, 0.4) is 0 Å². The Kier molecular flexibility index (Phi) is 6.19. The van der Waals surface area contributed by atoms with E-state index in [0.29, 0.717) is 32.7 Å². The van der Waals surface area contributed by atoms with E-state index in [-0.39, 0.29) is 29.8 Å². The van der Waals surface area contributed by atoms with Gasteiger partial charge < -0.3 is 15.5 Å². The molecular weight excluding hydrogens is 440 g/mol. The van der Waals surface area contributed by atoms with Crippen molar-refractivity contribution >= 4 is 55.9 Å². The molecule has 2 amide bonds. The van der Waals surface area contributed by atoms with Crippen LogP contribution in [0.5, 0.6) is 0 Å². The molecule has 2 N–H and O–H groups in total. The molecule has 0 saturated carbocycles. The lowest BCUT2D eigenvalue weighted by Crippen LogP contribution is -2.42. The Morgan fingerprint density at radius 2 is 2.19 bits per heavy atom. The minimum Gasteiger partial charge on any atom is -0.359 e. The lowest BCUT2D eigenvalue weighted by molar-refractivity contribution is -0.124. The zero-order valence-corrected chi connectivity index (χ0v) is 18.4. The molecule has 4 rings (SSSR count). The van der Waals surface area contributed by atoms with Gasteiger partial charge in [-0.25, -0.2) is 4.98 Å². The molecular formula is C20H21ClN6O3S. The molecule has 0 spiro atoms. The molecule has 162 valence electrons. The number of hydrogen-bond donors (Lipinski definition) is 2. The van der Waals surface area contributed by atoms with E-state index in [4.69, 9.17) is 11.6 Å². The quantitative estimate of drug-likeness (QED) is 0.603. The van der Waals surface area contributed by atoms with Crippen LogP contribution in [0.15, 0.2) is 35.4 Å². The fourth-order valence-electron chi connectivity index (χ4n) is 3.57. The summed E-state index contributed by atoms with van der Waals surface area (Å²) in [6, 6.07) is 6.78. The summed E-state index contributed by atoms with van der Waals surface area (Å²) in [6.45, 7) is 1.14. The first-order valence-electron chi connectivity index (χ1n) is 9.82. The van der Waals surface area contributed by atoms with E-state index in [1.165, 1.54) is 22.2 Å². The van der Waals surface area contributed by atoms with Gasteiger partial charge in [-0.2, -0.15) is 4.98 Å². The van der Waals surface area contributed by atoms with E-state index in [9.17, 15) is 14.4 Å². The Balaban J connectivity index is 1.52. The summed E-state index contributed by atoms with van der Waals surface area (Å²) in [6.07, 6.45) is 3.03. The molecule has 0 unspecified atom stereocenters. The normalized spacial score (nSPS) is 16.3. The van der Waals surface area contributed by atoms with Crippen LogP contribution in [0.2, 0.25) is 5.02 Å². The Morgan fingerprint density at radius 3 is 2.97 bits per heavy atom. The number of fused-ring (bicyclic) bond motifs is 1. The summed E-state index contributed by atoms with van der Waals surface area (Å²) in [5.41, 5.74) is 0.573. The van der Waals surface area contributed by atoms with Crippen molar-refractivity contribution in [3.63, 3.8) is 0 Å². The molecule has 1 fully saturated rings. The van der Waals surface area contributed by atoms with Crippen LogP contribution >= 0.6 is 22.9 Å². The van der Waals surface area contributed by atoms with Crippen molar-refractivity contribution in [3.8, 4) is 0 Å². The van der Waals surface area contributed by atoms with Crippen LogP contribution < -0.4 is 21.1 Å². The van der Waals surface area contributed by atoms with E-state index in [0.717, 1.165) is 19.4 Å². The number of nitrogens with zero attached hydrogens (tertiary/aromatic N) is 4. The van der Waals surface area contributed by atoms with Gasteiger partial charge in [0.25, 0.3) is 5.56 Å². The van der Waals surface area contributed by atoms with Crippen LogP contribution in [0.4, 0.5) is 10.8 Å². The summed E-state index contributed by atoms with van der Waals surface area (Å²) in [4.78, 5) is 48.0. The molecule has 1 aliphatic rings. The van der Waals surface area contributed by atoms with Crippen molar-refractivity contribution in [2.75, 3.05) is 30.4 Å². The Morgan fingerprint density at radius 1 is 1.35 bits per heavy atom. The van der Waals surface area contributed by atoms with Gasteiger partial charge in [0.2, 0.25) is 11.8 Å². The summed E-state index contributed by atoms with van der Waals surface area (Å²) < 4.78 is 1.64. The molecule has 1 atom stereocenters. The van der Waals surface area contributed by atoms with Crippen molar-refractivity contribution in [2.45, 2.75) is 19.4 Å². The zero-order valence-electron chi connectivity index (χ0n) is 16.8. The molecule has 9 nitrogen and oxygen atoms in total. The van der Waals surface area contributed by atoms with Crippen molar-refractivity contribution in [1.29, 1.82) is 0 Å². The monoisotopic (exact) mass is 460 g/mol. The molecule has 0 aliphatic carbocycles. The fourth-order valence-corrected chi connectivity index (χ4v) is 4.77. The third-order valence-electron chi connectivity index (χ3n) is 5.10. The number of rotatable bonds is 5. The summed E-state index contributed by atoms with van der Waals surface area (Å²) in [7, 11) is 1.63. The predicted molar refractivity (Wildman–Crippen MR) is 121 cm³/mol. The molecule has 3 heterocycles. The highest BCUT2D eigenvalue weighted by Crippen LogP contribution is 2.29. The molecule has 1 aromatic carbocycles. The third-order valence-corrected chi connectivity index (χ3v) is 6.43. The largest absolute Gasteiger partial charge is 0.359 e. The number of amides is 2. The topological polar surface area (TPSA) is 109 Å². The number of benzene rings is 1. The molecule has 31 heavy (non-hydrogen) atoms. The van der Waals surface area contributed by atoms with E-state index >= 15 is 0 Å². The number of aromatic nitrogens is 3. The first-order valence-corrected chi connectivity index (χ1v) is 11.0. The van der Waals surface area contributed by atoms with E-state index in [2.05, 4.69) is 20.6 Å². The SMILES string of the molecule is CNC(=O)[C@@H]1CCCN(c2nc3ncn(CC(=O)Nc4cccc(Cl)c4)c(=O)c3s2)C1. The molecule has 3 aromatic rings. The van der Waals surface area contributed by atoms with Gasteiger partial charge in [0, 0.05) is 30.8 Å². The van der Waals surface area contributed by atoms with Crippen LogP contribution in [-0.2, 0) is 16.1 Å². The average molecular weight is 461 g/mol. The Labute approximate surface area is 187 Å². The van der Waals surface area contributed by atoms with Gasteiger partial charge in [-0.3, -0.25) is 19.0 Å². The average Bonchev–Trinajstić information content (AvgIpc) is 3.20. The van der Waals surface area contributed by atoms with Crippen molar-refractivity contribution in [1.82, 2.24) is 19.9 Å². The highest BCUT2D eigenvalue weighted by molar-refractivity contribution is 7.22. The molecule has 0 bridgehead atoms. The molecule has 0 radical (unpaired) electrons. The summed E-state index contributed by atoms with van der Waals surface area (Å²) >= 11 is 7.17. The minimum absolute atomic E-state index is 0.0111. The van der Waals surface area contributed by atoms with Crippen LogP contribution in [0, 0.1) is 5.92 Å². The highest BCUT2D eigenvalue weighted by atomic mass is 35.5. The van der Waals surface area contributed by atoms with E-state index in [1.807, 2.05) is 4.90 Å². The van der Waals surface area contributed by atoms with Crippen LogP contribution in [0.25, 0.3) is 10.3 Å². The minimum atomic E-state index is -0.361. The number of thiazole rings is 1. The smallest absolute Gasteiger partial charge is 0.273 e. The van der Waals surface area contributed by atoms with Gasteiger partial charge in [-0.1, -0.05) is 29.0 Å². The van der Waals surface area contributed by atoms with Crippen LogP contribution in [0.1, 0.15) is 12.8 Å². The first-order chi connectivity index (χ1) is 14.9. The van der Waals surface area contributed by atoms with Crippen molar-refractivity contribution in [3.05, 3.63) is 46.0 Å². The lowest BCUT2D eigenvalue weighted by atomic mass is 9.98. The maximum absolute atomic E-state index is 12.9. The highest BCUT2D eigenvalue weighted by Gasteiger charge is 2.27. The van der Waals surface area contributed by atoms with Gasteiger partial charge in [-0.05, 0) is 31.0 Å². The van der Waals surface area contributed by atoms with Gasteiger partial charge in [-0.15, -0.1) is 0 Å². The van der Waals surface area contributed by atoms with Gasteiger partial charge >= 0.3 is 0 Å². The first kappa shape index (κ1) is 21.3. The number of anilines is 2. The molecule has 1 saturated heterocycles. The number of piperidine rings is 1. The fraction of sp³-hybridized carbons (Fsp3) is 0.350. The summed E-state index contributed by atoms with van der Waals surface area (Å²) in [5, 5.41) is 6.58. The summed E-state index contributed by atoms with van der Waals surface area (Å²) in [5.74, 6) is -0.456. The van der Waals surface area contributed by atoms with Gasteiger partial charge in [0.05, 0.1) is 5.92 Å². The lowest BCUT2D eigenvalue weighted by Gasteiger charge is -2.31. The predicted octanol–water partition coefficient (Wildman–Crippen LogP) is 2.11. The molecule has 1 aliphatic heterocycles. The maximum atomic E-state index is 12.9. The van der Waals surface area contributed by atoms with Gasteiger partial charge in [0.15, 0.2) is 10.8 Å². The second kappa shape index (κ2) is 9.03. The standard InChI is InChI=1S/C20H21ClN6O3S/c1-22-18(29)12-4-3-7-26(9-12)20-25-17-16(31-20)19(30)27(11-23-17)10-15(28)24-14-6-2-5-13(21)8-14/h2,5-6,8,11-12H,3-4,7,9-10H2,1H3,(H,22,29)(H,24,28)/t12-/m1/s1. The van der Waals surface area contributed by atoms with E-state index < -0.39 is 0 Å². The Hall–Kier alpha value is -2.98. The van der Waals surface area contributed by atoms with E-state index in [1.54, 1.807) is 31.3 Å². The molecule has 11 heteroatoms.